The van der Waals surface area contributed by atoms with Gasteiger partial charge in [-0.25, -0.2) is 4.79 Å². The second-order valence-corrected chi connectivity index (χ2v) is 4.92. The number of nitrogens with one attached hydrogen (secondary N) is 2. The van der Waals surface area contributed by atoms with E-state index in [1.54, 1.807) is 13.8 Å². The van der Waals surface area contributed by atoms with E-state index < -0.39 is 11.3 Å². The molecule has 1 aromatic rings. The van der Waals surface area contributed by atoms with Gasteiger partial charge in [-0.1, -0.05) is 17.7 Å². The van der Waals surface area contributed by atoms with Crippen LogP contribution in [0.3, 0.4) is 0 Å². The molecule has 0 spiro atoms. The van der Waals surface area contributed by atoms with E-state index in [2.05, 4.69) is 10.6 Å². The highest BCUT2D eigenvalue weighted by Gasteiger charge is 2.25. The molecule has 0 aliphatic carbocycles. The smallest absolute Gasteiger partial charge is 0.319 e. The summed E-state index contributed by atoms with van der Waals surface area (Å²) in [5, 5.41) is 5.29. The lowest BCUT2D eigenvalue weighted by atomic mass is 9.93. The number of primary amides is 1. The van der Waals surface area contributed by atoms with E-state index in [0.717, 1.165) is 5.56 Å². The topological polar surface area (TPSA) is 84.2 Å². The molecule has 98 valence electrons. The van der Waals surface area contributed by atoms with Crippen LogP contribution in [0.5, 0.6) is 0 Å². The Morgan fingerprint density at radius 3 is 2.28 bits per heavy atom. The molecular weight excluding hydrogens is 230 g/mol. The lowest BCUT2D eigenvalue weighted by Crippen LogP contribution is -2.43. The van der Waals surface area contributed by atoms with Gasteiger partial charge in [0.15, 0.2) is 0 Å². The number of rotatable bonds is 4. The molecule has 5 nitrogen and oxygen atoms in total. The van der Waals surface area contributed by atoms with Gasteiger partial charge in [-0.3, -0.25) is 4.79 Å². The molecule has 1 aromatic carbocycles. The van der Waals surface area contributed by atoms with Gasteiger partial charge in [0.25, 0.3) is 0 Å². The van der Waals surface area contributed by atoms with E-state index in [1.165, 1.54) is 0 Å². The highest BCUT2D eigenvalue weighted by Crippen LogP contribution is 2.12. The summed E-state index contributed by atoms with van der Waals surface area (Å²) in [6, 6.07) is 7.09. The average Bonchev–Trinajstić information content (AvgIpc) is 2.29. The Bertz CT molecular complexity index is 438. The minimum absolute atomic E-state index is 0.194. The fraction of sp³-hybridized carbons (Fsp3) is 0.385. The molecule has 4 N–H and O–H groups in total. The molecule has 0 fully saturated rings. The Hall–Kier alpha value is -2.04. The second-order valence-electron chi connectivity index (χ2n) is 4.92. The largest absolute Gasteiger partial charge is 0.369 e. The summed E-state index contributed by atoms with van der Waals surface area (Å²) in [6.45, 7) is 5.53. The van der Waals surface area contributed by atoms with E-state index >= 15 is 0 Å². The van der Waals surface area contributed by atoms with Gasteiger partial charge in [0.1, 0.15) is 0 Å². The van der Waals surface area contributed by atoms with Crippen LogP contribution in [0, 0.1) is 12.3 Å². The summed E-state index contributed by atoms with van der Waals surface area (Å²) < 4.78 is 0. The zero-order valence-electron chi connectivity index (χ0n) is 10.9. The molecule has 0 aliphatic heterocycles. The predicted molar refractivity (Wildman–Crippen MR) is 71.2 cm³/mol. The van der Waals surface area contributed by atoms with Crippen molar-refractivity contribution in [3.63, 3.8) is 0 Å². The van der Waals surface area contributed by atoms with Gasteiger partial charge in [-0.05, 0) is 32.9 Å². The van der Waals surface area contributed by atoms with E-state index in [1.807, 2.05) is 31.2 Å². The number of benzene rings is 1. The Kier molecular flexibility index (Phi) is 4.31. The monoisotopic (exact) mass is 249 g/mol. The number of hydrogen-bond donors (Lipinski definition) is 3. The summed E-state index contributed by atoms with van der Waals surface area (Å²) in [6.07, 6.45) is 0. The number of amides is 3. The summed E-state index contributed by atoms with van der Waals surface area (Å²) >= 11 is 0. The third kappa shape index (κ3) is 4.08. The zero-order chi connectivity index (χ0) is 13.8. The molecular formula is C13H19N3O2. The molecule has 0 aromatic heterocycles. The first kappa shape index (κ1) is 14.0. The van der Waals surface area contributed by atoms with Crippen LogP contribution in [0.2, 0.25) is 0 Å². The maximum Gasteiger partial charge on any atom is 0.319 e. The molecule has 0 radical (unpaired) electrons. The lowest BCUT2D eigenvalue weighted by molar-refractivity contribution is -0.125. The van der Waals surface area contributed by atoms with E-state index in [4.69, 9.17) is 5.73 Å². The summed E-state index contributed by atoms with van der Waals surface area (Å²) in [4.78, 5) is 22.7. The lowest BCUT2D eigenvalue weighted by Gasteiger charge is -2.20. The quantitative estimate of drug-likeness (QED) is 0.757. The molecule has 0 bridgehead atoms. The molecule has 1 rings (SSSR count). The number of carbonyl (C=O) groups excluding carboxylic acids is 2. The van der Waals surface area contributed by atoms with Crippen molar-refractivity contribution in [2.75, 3.05) is 11.9 Å². The number of urea groups is 1. The van der Waals surface area contributed by atoms with Crippen LogP contribution in [-0.4, -0.2) is 18.5 Å². The summed E-state index contributed by atoms with van der Waals surface area (Å²) in [5.74, 6) is -0.446. The Morgan fingerprint density at radius 2 is 1.78 bits per heavy atom. The van der Waals surface area contributed by atoms with Crippen molar-refractivity contribution in [1.29, 1.82) is 0 Å². The van der Waals surface area contributed by atoms with Crippen LogP contribution in [0.1, 0.15) is 19.4 Å². The normalized spacial score (nSPS) is 10.8. The van der Waals surface area contributed by atoms with Gasteiger partial charge in [0.2, 0.25) is 5.91 Å². The van der Waals surface area contributed by atoms with Gasteiger partial charge >= 0.3 is 6.03 Å². The summed E-state index contributed by atoms with van der Waals surface area (Å²) in [7, 11) is 0. The van der Waals surface area contributed by atoms with Crippen LogP contribution in [0.15, 0.2) is 24.3 Å². The van der Waals surface area contributed by atoms with Crippen LogP contribution >= 0.6 is 0 Å². The first-order chi connectivity index (χ1) is 8.31. The van der Waals surface area contributed by atoms with E-state index in [0.29, 0.717) is 5.69 Å². The standard InChI is InChI=1S/C13H19N3O2/c1-9-4-6-10(7-5-9)16-12(18)15-8-13(2,3)11(14)17/h4-7H,8H2,1-3H3,(H2,14,17)(H2,15,16,18). The Morgan fingerprint density at radius 1 is 1.22 bits per heavy atom. The van der Waals surface area contributed by atoms with Crippen molar-refractivity contribution < 1.29 is 9.59 Å². The molecule has 0 atom stereocenters. The van der Waals surface area contributed by atoms with Crippen molar-refractivity contribution in [1.82, 2.24) is 5.32 Å². The highest BCUT2D eigenvalue weighted by molar-refractivity contribution is 5.90. The number of nitrogens with two attached hydrogens (primary N) is 1. The number of hydrogen-bond acceptors (Lipinski definition) is 2. The van der Waals surface area contributed by atoms with Crippen LogP contribution in [0.25, 0.3) is 0 Å². The minimum atomic E-state index is -0.759. The number of aryl methyl sites for hydroxylation is 1. The van der Waals surface area contributed by atoms with Gasteiger partial charge in [-0.2, -0.15) is 0 Å². The SMILES string of the molecule is Cc1ccc(NC(=O)NCC(C)(C)C(N)=O)cc1. The molecule has 0 saturated heterocycles. The fourth-order valence-corrected chi connectivity index (χ4v) is 1.20. The first-order valence-corrected chi connectivity index (χ1v) is 5.73. The van der Waals surface area contributed by atoms with Gasteiger partial charge in [0, 0.05) is 12.2 Å². The van der Waals surface area contributed by atoms with Crippen molar-refractivity contribution in [2.45, 2.75) is 20.8 Å². The van der Waals surface area contributed by atoms with Crippen LogP contribution in [0.4, 0.5) is 10.5 Å². The highest BCUT2D eigenvalue weighted by atomic mass is 16.2. The second kappa shape index (κ2) is 5.53. The molecule has 18 heavy (non-hydrogen) atoms. The van der Waals surface area contributed by atoms with Crippen molar-refractivity contribution in [3.8, 4) is 0 Å². The fourth-order valence-electron chi connectivity index (χ4n) is 1.20. The third-order valence-electron chi connectivity index (χ3n) is 2.67. The van der Waals surface area contributed by atoms with Gasteiger partial charge < -0.3 is 16.4 Å². The minimum Gasteiger partial charge on any atom is -0.369 e. The van der Waals surface area contributed by atoms with Gasteiger partial charge in [0.05, 0.1) is 5.41 Å². The van der Waals surface area contributed by atoms with Crippen LogP contribution in [-0.2, 0) is 4.79 Å². The molecule has 0 heterocycles. The van der Waals surface area contributed by atoms with Crippen LogP contribution < -0.4 is 16.4 Å². The Labute approximate surface area is 107 Å². The van der Waals surface area contributed by atoms with Crippen molar-refractivity contribution >= 4 is 17.6 Å². The first-order valence-electron chi connectivity index (χ1n) is 5.73. The predicted octanol–water partition coefficient (Wildman–Crippen LogP) is 1.63. The molecule has 0 unspecified atom stereocenters. The molecule has 5 heteroatoms. The number of anilines is 1. The van der Waals surface area contributed by atoms with Crippen molar-refractivity contribution in [2.24, 2.45) is 11.1 Å². The maximum absolute atomic E-state index is 11.6. The summed E-state index contributed by atoms with van der Waals surface area (Å²) in [5.41, 5.74) is 6.28. The van der Waals surface area contributed by atoms with Gasteiger partial charge in [-0.15, -0.1) is 0 Å². The molecule has 0 saturated carbocycles. The maximum atomic E-state index is 11.6. The Balaban J connectivity index is 2.48. The van der Waals surface area contributed by atoms with E-state index in [9.17, 15) is 9.59 Å². The van der Waals surface area contributed by atoms with E-state index in [-0.39, 0.29) is 12.6 Å². The zero-order valence-corrected chi connectivity index (χ0v) is 10.9. The molecule has 0 aliphatic rings. The number of carbonyl (C=O) groups is 2. The average molecular weight is 249 g/mol. The third-order valence-corrected chi connectivity index (χ3v) is 2.67. The molecule has 3 amide bonds. The van der Waals surface area contributed by atoms with Crippen molar-refractivity contribution in [3.05, 3.63) is 29.8 Å².